The number of amides is 3. The number of halogens is 1. The molecular formula is C21H12ClN3O5S. The van der Waals surface area contributed by atoms with Crippen LogP contribution in [0.25, 0.3) is 0 Å². The number of rotatable bonds is 4. The molecule has 154 valence electrons. The summed E-state index contributed by atoms with van der Waals surface area (Å²) in [7, 11) is 0. The number of β-lactam (4-membered cyclic amide) rings is 1. The summed E-state index contributed by atoms with van der Waals surface area (Å²) in [4.78, 5) is 53.0. The first-order valence-electron chi connectivity index (χ1n) is 9.17. The van der Waals surface area contributed by atoms with Gasteiger partial charge in [-0.15, -0.1) is 11.3 Å². The van der Waals surface area contributed by atoms with E-state index >= 15 is 0 Å². The predicted molar refractivity (Wildman–Crippen MR) is 113 cm³/mol. The van der Waals surface area contributed by atoms with Crippen LogP contribution in [-0.2, 0) is 4.79 Å². The van der Waals surface area contributed by atoms with Crippen molar-refractivity contribution in [2.24, 2.45) is 0 Å². The molecule has 0 aliphatic carbocycles. The molecule has 1 aromatic heterocycles. The van der Waals surface area contributed by atoms with Crippen LogP contribution in [0.5, 0.6) is 0 Å². The summed E-state index contributed by atoms with van der Waals surface area (Å²) in [5, 5.41) is 13.4. The second-order valence-electron chi connectivity index (χ2n) is 7.06. The molecule has 0 N–H and O–H groups in total. The number of imide groups is 1. The number of anilines is 1. The summed E-state index contributed by atoms with van der Waals surface area (Å²) >= 11 is 7.37. The van der Waals surface area contributed by atoms with Gasteiger partial charge in [0.25, 0.3) is 23.4 Å². The highest BCUT2D eigenvalue weighted by Gasteiger charge is 2.57. The lowest BCUT2D eigenvalue weighted by Gasteiger charge is -2.49. The molecule has 3 amide bonds. The Morgan fingerprint density at radius 1 is 0.903 bits per heavy atom. The molecule has 2 unspecified atom stereocenters. The number of fused-ring (bicyclic) bond motifs is 1. The molecular weight excluding hydrogens is 442 g/mol. The van der Waals surface area contributed by atoms with E-state index in [1.54, 1.807) is 24.3 Å². The van der Waals surface area contributed by atoms with Gasteiger partial charge < -0.3 is 0 Å². The molecule has 2 aliphatic rings. The summed E-state index contributed by atoms with van der Waals surface area (Å²) in [6.07, 6.45) is 0. The van der Waals surface area contributed by atoms with Crippen molar-refractivity contribution in [2.75, 3.05) is 4.90 Å². The first-order valence-corrected chi connectivity index (χ1v) is 10.4. The maximum atomic E-state index is 13.2. The lowest BCUT2D eigenvalue weighted by atomic mass is 9.90. The highest BCUT2D eigenvalue weighted by molar-refractivity contribution is 7.10. The first kappa shape index (κ1) is 19.4. The van der Waals surface area contributed by atoms with Crippen LogP contribution in [0, 0.1) is 10.1 Å². The topological polar surface area (TPSA) is 101 Å². The summed E-state index contributed by atoms with van der Waals surface area (Å²) in [5.74, 6) is -1.75. The Balaban J connectivity index is 1.55. The van der Waals surface area contributed by atoms with Crippen LogP contribution in [0.15, 0.2) is 60.0 Å². The first-order chi connectivity index (χ1) is 14.9. The van der Waals surface area contributed by atoms with Gasteiger partial charge in [0.1, 0.15) is 12.1 Å². The quantitative estimate of drug-likeness (QED) is 0.256. The number of hydrogen-bond acceptors (Lipinski definition) is 6. The Labute approximate surface area is 184 Å². The van der Waals surface area contributed by atoms with Gasteiger partial charge in [-0.05, 0) is 41.8 Å². The molecule has 2 aliphatic heterocycles. The van der Waals surface area contributed by atoms with E-state index in [-0.39, 0.29) is 16.8 Å². The number of benzene rings is 2. The fourth-order valence-electron chi connectivity index (χ4n) is 3.97. The van der Waals surface area contributed by atoms with Gasteiger partial charge in [0.2, 0.25) is 0 Å². The van der Waals surface area contributed by atoms with E-state index in [0.29, 0.717) is 10.7 Å². The molecule has 31 heavy (non-hydrogen) atoms. The smallest absolute Gasteiger partial charge is 0.270 e. The van der Waals surface area contributed by atoms with Crippen molar-refractivity contribution in [3.8, 4) is 0 Å². The van der Waals surface area contributed by atoms with Crippen LogP contribution in [0.4, 0.5) is 11.4 Å². The minimum atomic E-state index is -1.04. The molecule has 3 heterocycles. The van der Waals surface area contributed by atoms with E-state index in [4.69, 9.17) is 11.6 Å². The van der Waals surface area contributed by atoms with Crippen molar-refractivity contribution >= 4 is 52.0 Å². The zero-order valence-electron chi connectivity index (χ0n) is 15.6. The molecule has 2 atom stereocenters. The van der Waals surface area contributed by atoms with Crippen molar-refractivity contribution in [3.05, 3.63) is 91.1 Å². The molecule has 1 fully saturated rings. The van der Waals surface area contributed by atoms with Crippen LogP contribution in [0.3, 0.4) is 0 Å². The number of nitro groups is 1. The number of thiophene rings is 1. The highest BCUT2D eigenvalue weighted by atomic mass is 35.5. The van der Waals surface area contributed by atoms with Gasteiger partial charge in [-0.1, -0.05) is 17.7 Å². The van der Waals surface area contributed by atoms with Crippen molar-refractivity contribution in [1.29, 1.82) is 0 Å². The van der Waals surface area contributed by atoms with Crippen molar-refractivity contribution in [1.82, 2.24) is 4.90 Å². The van der Waals surface area contributed by atoms with Crippen LogP contribution >= 0.6 is 22.9 Å². The molecule has 0 radical (unpaired) electrons. The molecule has 8 nitrogen and oxygen atoms in total. The number of carbonyl (C=O) groups is 3. The van der Waals surface area contributed by atoms with E-state index in [2.05, 4.69) is 0 Å². The van der Waals surface area contributed by atoms with Crippen molar-refractivity contribution in [3.63, 3.8) is 0 Å². The van der Waals surface area contributed by atoms with Gasteiger partial charge in [0.15, 0.2) is 0 Å². The molecule has 10 heteroatoms. The van der Waals surface area contributed by atoms with Gasteiger partial charge in [-0.3, -0.25) is 34.3 Å². The summed E-state index contributed by atoms with van der Waals surface area (Å²) in [5.41, 5.74) is 0.288. The molecule has 1 saturated heterocycles. The summed E-state index contributed by atoms with van der Waals surface area (Å²) < 4.78 is 0. The van der Waals surface area contributed by atoms with E-state index < -0.39 is 34.7 Å². The zero-order valence-corrected chi connectivity index (χ0v) is 17.2. The molecule has 0 spiro atoms. The lowest BCUT2D eigenvalue weighted by molar-refractivity contribution is -0.384. The van der Waals surface area contributed by atoms with E-state index in [1.165, 1.54) is 28.4 Å². The number of nitrogens with zero attached hydrogens (tertiary/aromatic N) is 3. The normalized spacial score (nSPS) is 20.1. The zero-order chi connectivity index (χ0) is 21.9. The van der Waals surface area contributed by atoms with Gasteiger partial charge >= 0.3 is 0 Å². The van der Waals surface area contributed by atoms with E-state index in [1.807, 2.05) is 17.5 Å². The Bertz CT molecular complexity index is 1260. The van der Waals surface area contributed by atoms with Crippen LogP contribution in [0.2, 0.25) is 5.02 Å². The lowest BCUT2D eigenvalue weighted by Crippen LogP contribution is -2.66. The highest BCUT2D eigenvalue weighted by Crippen LogP contribution is 2.45. The Kier molecular flexibility index (Phi) is 4.38. The van der Waals surface area contributed by atoms with Crippen LogP contribution in [0.1, 0.15) is 31.6 Å². The van der Waals surface area contributed by atoms with Gasteiger partial charge in [0.05, 0.1) is 16.1 Å². The Hall–Kier alpha value is -3.56. The molecule has 3 aromatic rings. The minimum Gasteiger partial charge on any atom is -0.300 e. The molecule has 0 saturated carbocycles. The SMILES string of the molecule is O=C1c2ccc([N+](=O)[O-])cc2C(=O)N1C1C(=O)N(c2ccc(Cl)cc2)C1c1cccs1. The third-order valence-corrected chi connectivity index (χ3v) is 6.59. The van der Waals surface area contributed by atoms with Crippen molar-refractivity contribution in [2.45, 2.75) is 12.1 Å². The predicted octanol–water partition coefficient (Wildman–Crippen LogP) is 4.06. The van der Waals surface area contributed by atoms with Crippen LogP contribution in [-0.4, -0.2) is 33.6 Å². The summed E-state index contributed by atoms with van der Waals surface area (Å²) in [6, 6.07) is 12.3. The maximum absolute atomic E-state index is 13.2. The average molecular weight is 454 g/mol. The largest absolute Gasteiger partial charge is 0.300 e. The standard InChI is InChI=1S/C21H12ClN3O5S/c22-11-3-5-12(6-4-11)23-17(16-2-1-9-31-16)18(21(23)28)24-19(26)14-8-7-13(25(29)30)10-15(14)20(24)27/h1-10,17-18H. The van der Waals surface area contributed by atoms with E-state index in [9.17, 15) is 24.5 Å². The number of carbonyl (C=O) groups excluding carboxylic acids is 3. The van der Waals surface area contributed by atoms with Gasteiger partial charge in [-0.2, -0.15) is 0 Å². The molecule has 2 aromatic carbocycles. The third-order valence-electron chi connectivity index (χ3n) is 5.40. The number of hydrogen-bond donors (Lipinski definition) is 0. The average Bonchev–Trinajstić information content (AvgIpc) is 3.36. The molecule has 0 bridgehead atoms. The fraction of sp³-hybridized carbons (Fsp3) is 0.0952. The fourth-order valence-corrected chi connectivity index (χ4v) is 4.94. The third kappa shape index (κ3) is 2.85. The number of nitro benzene ring substituents is 1. The van der Waals surface area contributed by atoms with Crippen LogP contribution < -0.4 is 4.90 Å². The Morgan fingerprint density at radius 3 is 2.26 bits per heavy atom. The number of non-ortho nitro benzene ring substituents is 1. The monoisotopic (exact) mass is 453 g/mol. The summed E-state index contributed by atoms with van der Waals surface area (Å²) in [6.45, 7) is 0. The Morgan fingerprint density at radius 2 is 1.61 bits per heavy atom. The second-order valence-corrected chi connectivity index (χ2v) is 8.47. The van der Waals surface area contributed by atoms with Gasteiger partial charge in [0, 0.05) is 27.7 Å². The minimum absolute atomic E-state index is 0.0540. The van der Waals surface area contributed by atoms with E-state index in [0.717, 1.165) is 15.8 Å². The van der Waals surface area contributed by atoms with Crippen molar-refractivity contribution < 1.29 is 19.3 Å². The molecule has 5 rings (SSSR count). The maximum Gasteiger partial charge on any atom is 0.270 e. The second kappa shape index (κ2) is 7.00. The van der Waals surface area contributed by atoms with Gasteiger partial charge in [-0.25, -0.2) is 0 Å².